The largest absolute Gasteiger partial charge is 0.508 e. The van der Waals surface area contributed by atoms with Gasteiger partial charge in [0.2, 0.25) is 5.91 Å². The standard InChI is InChI=1S/C34H43N3O5/c1-6-7-13-22-37(32(40)29(23-25-15-9-8-10-16-25)36-33(41)42-34(3,4)5)30(26-18-20-27(38)21-19-26)31(39)35-28-17-12-11-14-24(28)2/h8-12,14-21,29-30,38H,6-7,13,22-23H2,1-5H3,(H,35,39)(H,36,41). The normalized spacial score (nSPS) is 12.6. The molecule has 0 aliphatic rings. The fourth-order valence-corrected chi connectivity index (χ4v) is 4.64. The number of hydrogen-bond donors (Lipinski definition) is 3. The van der Waals surface area contributed by atoms with Gasteiger partial charge in [0.15, 0.2) is 0 Å². The Morgan fingerprint density at radius 3 is 2.17 bits per heavy atom. The van der Waals surface area contributed by atoms with E-state index in [1.165, 1.54) is 12.1 Å². The van der Waals surface area contributed by atoms with Gasteiger partial charge in [-0.25, -0.2) is 4.79 Å². The van der Waals surface area contributed by atoms with Crippen LogP contribution in [-0.2, 0) is 20.7 Å². The van der Waals surface area contributed by atoms with Crippen molar-refractivity contribution in [2.45, 2.75) is 78.0 Å². The number of phenolic OH excluding ortho intramolecular Hbond substituents is 1. The molecule has 3 N–H and O–H groups in total. The maximum Gasteiger partial charge on any atom is 0.408 e. The summed E-state index contributed by atoms with van der Waals surface area (Å²) in [5.41, 5.74) is 2.16. The molecule has 0 bridgehead atoms. The van der Waals surface area contributed by atoms with Gasteiger partial charge in [0.05, 0.1) is 0 Å². The second-order valence-corrected chi connectivity index (χ2v) is 11.4. The number of alkyl carbamates (subject to hydrolysis) is 1. The zero-order valence-electron chi connectivity index (χ0n) is 25.2. The number of nitrogens with one attached hydrogen (secondary N) is 2. The average Bonchev–Trinajstić information content (AvgIpc) is 2.93. The minimum atomic E-state index is -1.02. The summed E-state index contributed by atoms with van der Waals surface area (Å²) in [5.74, 6) is -0.747. The summed E-state index contributed by atoms with van der Waals surface area (Å²) >= 11 is 0. The van der Waals surface area contributed by atoms with Crippen molar-refractivity contribution in [3.8, 4) is 5.75 Å². The van der Waals surface area contributed by atoms with Crippen LogP contribution in [-0.4, -0.2) is 46.1 Å². The first-order valence-electron chi connectivity index (χ1n) is 14.5. The Labute approximate surface area is 249 Å². The zero-order chi connectivity index (χ0) is 30.7. The molecule has 0 spiro atoms. The van der Waals surface area contributed by atoms with E-state index >= 15 is 0 Å². The first-order valence-corrected chi connectivity index (χ1v) is 14.5. The number of aryl methyl sites for hydroxylation is 1. The van der Waals surface area contributed by atoms with Crippen molar-refractivity contribution in [1.29, 1.82) is 0 Å². The maximum atomic E-state index is 14.5. The second-order valence-electron chi connectivity index (χ2n) is 11.4. The van der Waals surface area contributed by atoms with Crippen molar-refractivity contribution in [3.63, 3.8) is 0 Å². The predicted octanol–water partition coefficient (Wildman–Crippen LogP) is 6.54. The number of benzene rings is 3. The molecular formula is C34H43N3O5. The monoisotopic (exact) mass is 573 g/mol. The van der Waals surface area contributed by atoms with Crippen molar-refractivity contribution in [1.82, 2.24) is 10.2 Å². The van der Waals surface area contributed by atoms with Crippen LogP contribution in [0.4, 0.5) is 10.5 Å². The van der Waals surface area contributed by atoms with Crippen molar-refractivity contribution >= 4 is 23.6 Å². The lowest BCUT2D eigenvalue weighted by Gasteiger charge is -2.35. The first-order chi connectivity index (χ1) is 20.0. The molecule has 0 aromatic heterocycles. The molecule has 0 heterocycles. The minimum Gasteiger partial charge on any atom is -0.508 e. The highest BCUT2D eigenvalue weighted by Gasteiger charge is 2.36. The third-order valence-corrected chi connectivity index (χ3v) is 6.73. The molecular weight excluding hydrogens is 530 g/mol. The van der Waals surface area contributed by atoms with Crippen LogP contribution in [0.15, 0.2) is 78.9 Å². The van der Waals surface area contributed by atoms with E-state index in [2.05, 4.69) is 17.6 Å². The van der Waals surface area contributed by atoms with E-state index in [9.17, 15) is 19.5 Å². The van der Waals surface area contributed by atoms with Crippen LogP contribution >= 0.6 is 0 Å². The van der Waals surface area contributed by atoms with Gasteiger partial charge in [0.25, 0.3) is 5.91 Å². The van der Waals surface area contributed by atoms with Gasteiger partial charge in [-0.05, 0) is 69.0 Å². The van der Waals surface area contributed by atoms with Gasteiger partial charge in [-0.2, -0.15) is 0 Å². The number of para-hydroxylation sites is 1. The van der Waals surface area contributed by atoms with Crippen LogP contribution in [0.2, 0.25) is 0 Å². The molecule has 0 aliphatic heterocycles. The number of aromatic hydroxyl groups is 1. The third kappa shape index (κ3) is 9.65. The zero-order valence-corrected chi connectivity index (χ0v) is 25.2. The molecule has 3 aromatic rings. The van der Waals surface area contributed by atoms with Crippen molar-refractivity contribution in [3.05, 3.63) is 95.6 Å². The minimum absolute atomic E-state index is 0.0502. The fraction of sp³-hybridized carbons (Fsp3) is 0.382. The van der Waals surface area contributed by atoms with Gasteiger partial charge >= 0.3 is 6.09 Å². The number of rotatable bonds is 12. The van der Waals surface area contributed by atoms with Gasteiger partial charge in [-0.1, -0.05) is 80.4 Å². The number of unbranched alkanes of at least 4 members (excludes halogenated alkanes) is 2. The molecule has 42 heavy (non-hydrogen) atoms. The highest BCUT2D eigenvalue weighted by Crippen LogP contribution is 2.28. The van der Waals surface area contributed by atoms with E-state index in [0.717, 1.165) is 24.0 Å². The van der Waals surface area contributed by atoms with E-state index in [1.54, 1.807) is 37.8 Å². The fourth-order valence-electron chi connectivity index (χ4n) is 4.64. The molecule has 3 rings (SSSR count). The Kier molecular flexibility index (Phi) is 11.5. The second kappa shape index (κ2) is 15.1. The van der Waals surface area contributed by atoms with Crippen LogP contribution in [0.5, 0.6) is 5.75 Å². The van der Waals surface area contributed by atoms with Gasteiger partial charge in [-0.3, -0.25) is 9.59 Å². The molecule has 0 aliphatic carbocycles. The molecule has 0 radical (unpaired) electrons. The molecule has 3 aromatic carbocycles. The van der Waals surface area contributed by atoms with Crippen molar-refractivity contribution in [2.75, 3.05) is 11.9 Å². The molecule has 8 heteroatoms. The molecule has 2 unspecified atom stereocenters. The quantitative estimate of drug-likeness (QED) is 0.213. The number of anilines is 1. The molecule has 2 atom stereocenters. The first kappa shape index (κ1) is 32.2. The lowest BCUT2D eigenvalue weighted by molar-refractivity contribution is -0.140. The maximum absolute atomic E-state index is 14.5. The van der Waals surface area contributed by atoms with Crippen LogP contribution in [0.25, 0.3) is 0 Å². The Morgan fingerprint density at radius 2 is 1.55 bits per heavy atom. The van der Waals surface area contributed by atoms with E-state index in [-0.39, 0.29) is 12.2 Å². The van der Waals surface area contributed by atoms with Gasteiger partial charge in [-0.15, -0.1) is 0 Å². The summed E-state index contributed by atoms with van der Waals surface area (Å²) in [4.78, 5) is 43.0. The summed E-state index contributed by atoms with van der Waals surface area (Å²) in [6, 6.07) is 21.1. The summed E-state index contributed by atoms with van der Waals surface area (Å²) in [6.07, 6.45) is 1.94. The van der Waals surface area contributed by atoms with Crippen LogP contribution in [0.1, 0.15) is 69.7 Å². The number of phenols is 1. The van der Waals surface area contributed by atoms with Crippen LogP contribution < -0.4 is 10.6 Å². The SMILES string of the molecule is CCCCCN(C(=O)C(Cc1ccccc1)NC(=O)OC(C)(C)C)C(C(=O)Nc1ccccc1C)c1ccc(O)cc1. The molecule has 0 saturated heterocycles. The number of ether oxygens (including phenoxy) is 1. The van der Waals surface area contributed by atoms with Crippen LogP contribution in [0.3, 0.4) is 0 Å². The Balaban J connectivity index is 2.06. The summed E-state index contributed by atoms with van der Waals surface area (Å²) in [7, 11) is 0. The number of hydrogen-bond acceptors (Lipinski definition) is 5. The Bertz CT molecular complexity index is 1320. The lowest BCUT2D eigenvalue weighted by Crippen LogP contribution is -2.53. The summed E-state index contributed by atoms with van der Waals surface area (Å²) in [6.45, 7) is 9.53. The summed E-state index contributed by atoms with van der Waals surface area (Å²) in [5, 5.41) is 15.8. The number of nitrogens with zero attached hydrogens (tertiary/aromatic N) is 1. The molecule has 0 saturated carbocycles. The highest BCUT2D eigenvalue weighted by molar-refractivity contribution is 5.99. The number of carbonyl (C=O) groups excluding carboxylic acids is 3. The predicted molar refractivity (Wildman–Crippen MR) is 165 cm³/mol. The molecule has 0 fully saturated rings. The van der Waals surface area contributed by atoms with Gasteiger partial charge in [0.1, 0.15) is 23.4 Å². The Morgan fingerprint density at radius 1 is 0.905 bits per heavy atom. The topological polar surface area (TPSA) is 108 Å². The highest BCUT2D eigenvalue weighted by atomic mass is 16.6. The van der Waals surface area contributed by atoms with Crippen molar-refractivity contribution < 1.29 is 24.2 Å². The number of carbonyl (C=O) groups is 3. The molecule has 8 nitrogen and oxygen atoms in total. The Hall–Kier alpha value is -4.33. The van der Waals surface area contributed by atoms with Crippen molar-refractivity contribution in [2.24, 2.45) is 0 Å². The van der Waals surface area contributed by atoms with E-state index in [0.29, 0.717) is 24.2 Å². The lowest BCUT2D eigenvalue weighted by atomic mass is 9.99. The smallest absolute Gasteiger partial charge is 0.408 e. The van der Waals surface area contributed by atoms with E-state index in [4.69, 9.17) is 4.74 Å². The summed E-state index contributed by atoms with van der Waals surface area (Å²) < 4.78 is 5.50. The number of amides is 3. The van der Waals surface area contributed by atoms with Gasteiger partial charge < -0.3 is 25.4 Å². The third-order valence-electron chi connectivity index (χ3n) is 6.73. The van der Waals surface area contributed by atoms with E-state index < -0.39 is 35.6 Å². The molecule has 3 amide bonds. The van der Waals surface area contributed by atoms with E-state index in [1.807, 2.05) is 61.5 Å². The van der Waals surface area contributed by atoms with Gasteiger partial charge in [0, 0.05) is 18.7 Å². The van der Waals surface area contributed by atoms with Crippen LogP contribution in [0, 0.1) is 6.92 Å². The molecule has 224 valence electrons. The average molecular weight is 574 g/mol.